The van der Waals surface area contributed by atoms with Crippen LogP contribution in [0.2, 0.25) is 0 Å². The van der Waals surface area contributed by atoms with Crippen LogP contribution in [0.3, 0.4) is 0 Å². The van der Waals surface area contributed by atoms with E-state index in [0.717, 1.165) is 37.8 Å². The molecule has 3 N–H and O–H groups in total. The van der Waals surface area contributed by atoms with E-state index < -0.39 is 0 Å². The Morgan fingerprint density at radius 2 is 2.26 bits per heavy atom. The summed E-state index contributed by atoms with van der Waals surface area (Å²) in [5, 5.41) is 11.9. The van der Waals surface area contributed by atoms with E-state index in [-0.39, 0.29) is 5.84 Å². The van der Waals surface area contributed by atoms with Crippen molar-refractivity contribution in [3.8, 4) is 5.88 Å². The SMILES string of the molecule is CCCCOc1nc2c(cc1C(N)=NO)CCCC2. The lowest BCUT2D eigenvalue weighted by Gasteiger charge is -2.18. The smallest absolute Gasteiger partial charge is 0.224 e. The molecule has 1 aromatic rings. The number of hydrogen-bond acceptors (Lipinski definition) is 4. The number of hydrogen-bond donors (Lipinski definition) is 2. The summed E-state index contributed by atoms with van der Waals surface area (Å²) in [6.07, 6.45) is 6.34. The van der Waals surface area contributed by atoms with E-state index in [1.54, 1.807) is 0 Å². The van der Waals surface area contributed by atoms with Crippen molar-refractivity contribution < 1.29 is 9.94 Å². The summed E-state index contributed by atoms with van der Waals surface area (Å²) < 4.78 is 5.68. The fraction of sp³-hybridized carbons (Fsp3) is 0.571. The number of pyridine rings is 1. The lowest BCUT2D eigenvalue weighted by molar-refractivity contribution is 0.294. The molecule has 0 saturated heterocycles. The number of nitrogens with zero attached hydrogens (tertiary/aromatic N) is 2. The molecule has 1 heterocycles. The highest BCUT2D eigenvalue weighted by Crippen LogP contribution is 2.26. The Labute approximate surface area is 113 Å². The minimum Gasteiger partial charge on any atom is -0.477 e. The molecule has 0 spiro atoms. The topological polar surface area (TPSA) is 80.7 Å². The molecule has 104 valence electrons. The highest BCUT2D eigenvalue weighted by atomic mass is 16.5. The molecule has 19 heavy (non-hydrogen) atoms. The molecule has 1 aliphatic rings. The molecule has 0 bridgehead atoms. The van der Waals surface area contributed by atoms with Gasteiger partial charge in [0.2, 0.25) is 5.88 Å². The lowest BCUT2D eigenvalue weighted by Crippen LogP contribution is -2.18. The number of rotatable bonds is 5. The van der Waals surface area contributed by atoms with Crippen molar-refractivity contribution in [2.45, 2.75) is 45.4 Å². The van der Waals surface area contributed by atoms with Crippen LogP contribution in [0.4, 0.5) is 0 Å². The van der Waals surface area contributed by atoms with Gasteiger partial charge in [0.15, 0.2) is 5.84 Å². The molecule has 0 saturated carbocycles. The van der Waals surface area contributed by atoms with Crippen molar-refractivity contribution in [3.05, 3.63) is 22.9 Å². The Balaban J connectivity index is 2.31. The molecule has 0 unspecified atom stereocenters. The van der Waals surface area contributed by atoms with Crippen molar-refractivity contribution in [2.24, 2.45) is 10.9 Å². The van der Waals surface area contributed by atoms with Crippen LogP contribution in [0.1, 0.15) is 49.4 Å². The lowest BCUT2D eigenvalue weighted by atomic mass is 9.95. The quantitative estimate of drug-likeness (QED) is 0.281. The van der Waals surface area contributed by atoms with Crippen LogP contribution in [0, 0.1) is 0 Å². The maximum absolute atomic E-state index is 8.87. The van der Waals surface area contributed by atoms with Crippen LogP contribution in [-0.2, 0) is 12.8 Å². The molecule has 0 amide bonds. The number of unbranched alkanes of at least 4 members (excludes halogenated alkanes) is 1. The first-order chi connectivity index (χ1) is 9.26. The highest BCUT2D eigenvalue weighted by Gasteiger charge is 2.18. The van der Waals surface area contributed by atoms with Gasteiger partial charge >= 0.3 is 0 Å². The maximum Gasteiger partial charge on any atom is 0.224 e. The number of nitrogens with two attached hydrogens (primary N) is 1. The minimum atomic E-state index is 0.0624. The summed E-state index contributed by atoms with van der Waals surface area (Å²) in [6, 6.07) is 1.96. The normalized spacial score (nSPS) is 15.1. The predicted octanol–water partition coefficient (Wildman–Crippen LogP) is 2.23. The second kappa shape index (κ2) is 6.41. The molecule has 0 radical (unpaired) electrons. The van der Waals surface area contributed by atoms with Gasteiger partial charge in [-0.3, -0.25) is 0 Å². The van der Waals surface area contributed by atoms with E-state index in [0.29, 0.717) is 18.1 Å². The van der Waals surface area contributed by atoms with E-state index >= 15 is 0 Å². The zero-order valence-electron chi connectivity index (χ0n) is 11.4. The van der Waals surface area contributed by atoms with E-state index in [4.69, 9.17) is 15.7 Å². The largest absolute Gasteiger partial charge is 0.477 e. The molecule has 1 aliphatic carbocycles. The summed E-state index contributed by atoms with van der Waals surface area (Å²) in [6.45, 7) is 2.71. The molecule has 5 nitrogen and oxygen atoms in total. The predicted molar refractivity (Wildman–Crippen MR) is 73.8 cm³/mol. The van der Waals surface area contributed by atoms with Crippen molar-refractivity contribution in [1.29, 1.82) is 0 Å². The van der Waals surface area contributed by atoms with Gasteiger partial charge in [-0.1, -0.05) is 18.5 Å². The van der Waals surface area contributed by atoms with E-state index in [1.807, 2.05) is 6.07 Å². The molecule has 0 aliphatic heterocycles. The molecule has 0 fully saturated rings. The Morgan fingerprint density at radius 3 is 3.00 bits per heavy atom. The summed E-state index contributed by atoms with van der Waals surface area (Å²) in [5.74, 6) is 0.553. The first-order valence-electron chi connectivity index (χ1n) is 6.89. The monoisotopic (exact) mass is 263 g/mol. The van der Waals surface area contributed by atoms with Gasteiger partial charge in [-0.2, -0.15) is 0 Å². The van der Waals surface area contributed by atoms with Crippen LogP contribution in [0.25, 0.3) is 0 Å². The number of aryl methyl sites for hydroxylation is 2. The van der Waals surface area contributed by atoms with E-state index in [9.17, 15) is 0 Å². The van der Waals surface area contributed by atoms with Crippen LogP contribution in [-0.4, -0.2) is 22.6 Å². The average Bonchev–Trinajstić information content (AvgIpc) is 2.46. The van der Waals surface area contributed by atoms with Crippen molar-refractivity contribution in [1.82, 2.24) is 4.98 Å². The van der Waals surface area contributed by atoms with Crippen LogP contribution >= 0.6 is 0 Å². The summed E-state index contributed by atoms with van der Waals surface area (Å²) in [5.41, 5.74) is 8.59. The molecular formula is C14H21N3O2. The third-order valence-corrected chi connectivity index (χ3v) is 3.39. The van der Waals surface area contributed by atoms with Crippen molar-refractivity contribution in [2.75, 3.05) is 6.61 Å². The Hall–Kier alpha value is -1.78. The summed E-state index contributed by atoms with van der Waals surface area (Å²) in [4.78, 5) is 4.56. The van der Waals surface area contributed by atoms with Crippen LogP contribution < -0.4 is 10.5 Å². The number of oxime groups is 1. The fourth-order valence-corrected chi connectivity index (χ4v) is 2.28. The molecule has 0 atom stereocenters. The molecule has 5 heteroatoms. The minimum absolute atomic E-state index is 0.0624. The molecular weight excluding hydrogens is 242 g/mol. The Bertz CT molecular complexity index is 472. The van der Waals surface area contributed by atoms with Gasteiger partial charge in [-0.05, 0) is 43.7 Å². The van der Waals surface area contributed by atoms with Gasteiger partial charge in [-0.15, -0.1) is 0 Å². The van der Waals surface area contributed by atoms with Gasteiger partial charge in [-0.25, -0.2) is 4.98 Å². The van der Waals surface area contributed by atoms with Crippen molar-refractivity contribution >= 4 is 5.84 Å². The molecule has 0 aromatic carbocycles. The van der Waals surface area contributed by atoms with E-state index in [2.05, 4.69) is 17.1 Å². The first kappa shape index (κ1) is 13.6. The van der Waals surface area contributed by atoms with Crippen LogP contribution in [0.15, 0.2) is 11.2 Å². The second-order valence-corrected chi connectivity index (χ2v) is 4.84. The van der Waals surface area contributed by atoms with E-state index in [1.165, 1.54) is 12.0 Å². The number of fused-ring (bicyclic) bond motifs is 1. The molecule has 2 rings (SSSR count). The van der Waals surface area contributed by atoms with Gasteiger partial charge in [0.1, 0.15) is 0 Å². The second-order valence-electron chi connectivity index (χ2n) is 4.84. The van der Waals surface area contributed by atoms with Crippen LogP contribution in [0.5, 0.6) is 5.88 Å². The van der Waals surface area contributed by atoms with Crippen molar-refractivity contribution in [3.63, 3.8) is 0 Å². The fourth-order valence-electron chi connectivity index (χ4n) is 2.28. The Kier molecular flexibility index (Phi) is 4.60. The third-order valence-electron chi connectivity index (χ3n) is 3.39. The maximum atomic E-state index is 8.87. The zero-order valence-corrected chi connectivity index (χ0v) is 11.4. The third kappa shape index (κ3) is 3.16. The summed E-state index contributed by atoms with van der Waals surface area (Å²) >= 11 is 0. The Morgan fingerprint density at radius 1 is 1.47 bits per heavy atom. The van der Waals surface area contributed by atoms with Gasteiger partial charge in [0.05, 0.1) is 12.2 Å². The zero-order chi connectivity index (χ0) is 13.7. The molecule has 1 aromatic heterocycles. The highest BCUT2D eigenvalue weighted by molar-refractivity contribution is 5.99. The van der Waals surface area contributed by atoms with Gasteiger partial charge < -0.3 is 15.7 Å². The number of aromatic nitrogens is 1. The van der Waals surface area contributed by atoms with Gasteiger partial charge in [0, 0.05) is 5.69 Å². The first-order valence-corrected chi connectivity index (χ1v) is 6.89. The number of ether oxygens (including phenoxy) is 1. The average molecular weight is 263 g/mol. The standard InChI is InChI=1S/C14H21N3O2/c1-2-3-8-19-14-11(13(15)17-18)9-10-6-4-5-7-12(10)16-14/h9,18H,2-8H2,1H3,(H2,15,17). The van der Waals surface area contributed by atoms with Gasteiger partial charge in [0.25, 0.3) is 0 Å². The number of amidine groups is 1. The summed E-state index contributed by atoms with van der Waals surface area (Å²) in [7, 11) is 0.